The number of nitrogens with one attached hydrogen (secondary N) is 2. The molecule has 4 N–H and O–H groups in total. The van der Waals surface area contributed by atoms with Crippen LogP contribution in [-0.2, 0) is 17.8 Å². The van der Waals surface area contributed by atoms with Crippen LogP contribution >= 0.6 is 24.8 Å². The summed E-state index contributed by atoms with van der Waals surface area (Å²) in [4.78, 5) is 16.2. The number of anilines is 1. The molecule has 7 nitrogen and oxygen atoms in total. The number of H-pyrrole nitrogens is 1. The van der Waals surface area contributed by atoms with Crippen molar-refractivity contribution >= 4 is 30.6 Å². The number of aromatic amines is 1. The first-order chi connectivity index (χ1) is 10.7. The molecule has 0 aromatic carbocycles. The molecule has 9 heteroatoms. The van der Waals surface area contributed by atoms with Crippen LogP contribution in [0.4, 0.5) is 5.82 Å². The van der Waals surface area contributed by atoms with E-state index in [0.717, 1.165) is 43.0 Å². The molecule has 0 radical (unpaired) electrons. The molecule has 0 amide bonds. The van der Waals surface area contributed by atoms with E-state index in [0.29, 0.717) is 24.4 Å². The summed E-state index contributed by atoms with van der Waals surface area (Å²) in [7, 11) is 1.65. The molecule has 134 valence electrons. The van der Waals surface area contributed by atoms with Gasteiger partial charge in [0.1, 0.15) is 12.4 Å². The predicted octanol–water partition coefficient (Wildman–Crippen LogP) is 2.05. The van der Waals surface area contributed by atoms with Gasteiger partial charge in [-0.05, 0) is 12.8 Å². The second-order valence-electron chi connectivity index (χ2n) is 5.71. The minimum absolute atomic E-state index is 0. The highest BCUT2D eigenvalue weighted by atomic mass is 35.5. The molecule has 1 aliphatic rings. The maximum Gasteiger partial charge on any atom is 0.156 e. The second kappa shape index (κ2) is 9.78. The highest BCUT2D eigenvalue weighted by Gasteiger charge is 2.29. The minimum atomic E-state index is 0. The average molecular weight is 375 g/mol. The maximum atomic E-state index is 5.88. The van der Waals surface area contributed by atoms with Gasteiger partial charge in [0, 0.05) is 55.7 Å². The largest absolute Gasteiger partial charge is 0.377 e. The first-order valence-corrected chi connectivity index (χ1v) is 7.58. The Morgan fingerprint density at radius 2 is 2.12 bits per heavy atom. The third kappa shape index (κ3) is 5.31. The van der Waals surface area contributed by atoms with Gasteiger partial charge < -0.3 is 20.8 Å². The van der Waals surface area contributed by atoms with Gasteiger partial charge in [-0.1, -0.05) is 0 Å². The quantitative estimate of drug-likeness (QED) is 0.685. The zero-order valence-electron chi connectivity index (χ0n) is 13.6. The number of aromatic nitrogens is 4. The van der Waals surface area contributed by atoms with Crippen LogP contribution in [-0.4, -0.2) is 39.6 Å². The average Bonchev–Trinajstić information content (AvgIpc) is 2.97. The lowest BCUT2D eigenvalue weighted by atomic mass is 9.78. The number of nitrogens with zero attached hydrogens (tertiary/aromatic N) is 3. The number of hydrogen-bond acceptors (Lipinski definition) is 6. The molecule has 0 bridgehead atoms. The van der Waals surface area contributed by atoms with Crippen molar-refractivity contribution in [3.8, 4) is 0 Å². The van der Waals surface area contributed by atoms with Gasteiger partial charge in [-0.25, -0.2) is 15.0 Å². The Kier molecular flexibility index (Phi) is 8.41. The molecule has 0 atom stereocenters. The lowest BCUT2D eigenvalue weighted by Gasteiger charge is -2.32. The third-order valence-electron chi connectivity index (χ3n) is 3.91. The van der Waals surface area contributed by atoms with E-state index < -0.39 is 0 Å². The molecule has 2 heterocycles. The minimum Gasteiger partial charge on any atom is -0.377 e. The molecule has 2 aromatic heterocycles. The summed E-state index contributed by atoms with van der Waals surface area (Å²) in [5.41, 5.74) is 8.05. The highest BCUT2D eigenvalue weighted by molar-refractivity contribution is 5.85. The van der Waals surface area contributed by atoms with E-state index in [2.05, 4.69) is 25.3 Å². The zero-order valence-corrected chi connectivity index (χ0v) is 15.2. The Morgan fingerprint density at radius 1 is 1.33 bits per heavy atom. The van der Waals surface area contributed by atoms with Gasteiger partial charge in [-0.3, -0.25) is 0 Å². The Balaban J connectivity index is 0.00000144. The van der Waals surface area contributed by atoms with Crippen LogP contribution in [0.2, 0.25) is 0 Å². The van der Waals surface area contributed by atoms with E-state index in [9.17, 15) is 0 Å². The maximum absolute atomic E-state index is 5.88. The number of hydrogen-bond donors (Lipinski definition) is 3. The normalized spacial score (nSPS) is 18.9. The molecule has 0 spiro atoms. The number of ether oxygens (including phenoxy) is 1. The number of rotatable bonds is 7. The summed E-state index contributed by atoms with van der Waals surface area (Å²) < 4.78 is 5.16. The molecule has 1 fully saturated rings. The van der Waals surface area contributed by atoms with Crippen LogP contribution in [0.25, 0.3) is 0 Å². The van der Waals surface area contributed by atoms with E-state index >= 15 is 0 Å². The third-order valence-corrected chi connectivity index (χ3v) is 3.91. The van der Waals surface area contributed by atoms with Gasteiger partial charge in [-0.2, -0.15) is 0 Å². The fourth-order valence-corrected chi connectivity index (χ4v) is 2.66. The second-order valence-corrected chi connectivity index (χ2v) is 5.71. The van der Waals surface area contributed by atoms with E-state index in [1.807, 2.05) is 12.3 Å². The summed E-state index contributed by atoms with van der Waals surface area (Å²) in [5, 5.41) is 3.35. The number of methoxy groups -OCH3 is 1. The van der Waals surface area contributed by atoms with Gasteiger partial charge in [-0.15, -0.1) is 24.8 Å². The molecule has 1 aliphatic carbocycles. The van der Waals surface area contributed by atoms with Gasteiger partial charge in [0.2, 0.25) is 0 Å². The molecular formula is C15H24Cl2N6O. The summed E-state index contributed by atoms with van der Waals surface area (Å²) in [5.74, 6) is 2.00. The Bertz CT molecular complexity index is 604. The first kappa shape index (κ1) is 20.6. The SMILES string of the molecule is COCc1nc(NCCc2cnc[nH]2)cc(C2CC(N)C2)n1.Cl.Cl. The predicted molar refractivity (Wildman–Crippen MR) is 98.0 cm³/mol. The van der Waals surface area contributed by atoms with Gasteiger partial charge in [0.25, 0.3) is 0 Å². The van der Waals surface area contributed by atoms with Crippen molar-refractivity contribution in [3.63, 3.8) is 0 Å². The van der Waals surface area contributed by atoms with Crippen LogP contribution < -0.4 is 11.1 Å². The van der Waals surface area contributed by atoms with Crippen LogP contribution in [0.15, 0.2) is 18.6 Å². The standard InChI is InChI=1S/C15H22N6O.2ClH/c1-22-8-15-20-13(10-4-11(16)5-10)6-14(21-15)18-3-2-12-7-17-9-19-12;;/h6-7,9-11H,2-5,8,16H2,1H3,(H,17,19)(H,18,20,21);2*1H. The fourth-order valence-electron chi connectivity index (χ4n) is 2.66. The van der Waals surface area contributed by atoms with Gasteiger partial charge in [0.05, 0.1) is 6.33 Å². The number of halogens is 2. The van der Waals surface area contributed by atoms with Crippen molar-refractivity contribution in [2.45, 2.75) is 37.8 Å². The summed E-state index contributed by atoms with van der Waals surface area (Å²) in [6.45, 7) is 1.21. The summed E-state index contributed by atoms with van der Waals surface area (Å²) in [6, 6.07) is 2.34. The lowest BCUT2D eigenvalue weighted by molar-refractivity contribution is 0.177. The van der Waals surface area contributed by atoms with Crippen molar-refractivity contribution in [2.24, 2.45) is 5.73 Å². The van der Waals surface area contributed by atoms with Crippen molar-refractivity contribution in [3.05, 3.63) is 35.8 Å². The molecule has 0 aliphatic heterocycles. The zero-order chi connectivity index (χ0) is 15.4. The number of nitrogens with two attached hydrogens (primary N) is 1. The Morgan fingerprint density at radius 3 is 2.75 bits per heavy atom. The van der Waals surface area contributed by atoms with E-state index in [4.69, 9.17) is 10.5 Å². The first-order valence-electron chi connectivity index (χ1n) is 7.58. The Labute approximate surface area is 154 Å². The van der Waals surface area contributed by atoms with Crippen LogP contribution in [0.5, 0.6) is 0 Å². The summed E-state index contributed by atoms with van der Waals surface area (Å²) in [6.07, 6.45) is 6.38. The van der Waals surface area contributed by atoms with Crippen molar-refractivity contribution in [1.29, 1.82) is 0 Å². The smallest absolute Gasteiger partial charge is 0.156 e. The Hall–Kier alpha value is -1.41. The van der Waals surface area contributed by atoms with Crippen LogP contribution in [0.3, 0.4) is 0 Å². The van der Waals surface area contributed by atoms with Crippen LogP contribution in [0.1, 0.15) is 36.0 Å². The van der Waals surface area contributed by atoms with Crippen molar-refractivity contribution in [2.75, 3.05) is 19.0 Å². The molecule has 0 unspecified atom stereocenters. The van der Waals surface area contributed by atoms with Crippen LogP contribution in [0, 0.1) is 0 Å². The van der Waals surface area contributed by atoms with Gasteiger partial charge >= 0.3 is 0 Å². The number of imidazole rings is 1. The molecular weight excluding hydrogens is 351 g/mol. The van der Waals surface area contributed by atoms with Gasteiger partial charge in [0.15, 0.2) is 5.82 Å². The topological polar surface area (TPSA) is 102 Å². The molecule has 0 saturated heterocycles. The van der Waals surface area contributed by atoms with Crippen molar-refractivity contribution < 1.29 is 4.74 Å². The molecule has 3 rings (SSSR count). The molecule has 24 heavy (non-hydrogen) atoms. The van der Waals surface area contributed by atoms with Crippen molar-refractivity contribution in [1.82, 2.24) is 19.9 Å². The molecule has 2 aromatic rings. The lowest BCUT2D eigenvalue weighted by Crippen LogP contribution is -2.35. The van der Waals surface area contributed by atoms with E-state index in [-0.39, 0.29) is 24.8 Å². The van der Waals surface area contributed by atoms with E-state index in [1.54, 1.807) is 13.4 Å². The molecule has 1 saturated carbocycles. The fraction of sp³-hybridized carbons (Fsp3) is 0.533. The monoisotopic (exact) mass is 374 g/mol. The highest BCUT2D eigenvalue weighted by Crippen LogP contribution is 2.35. The van der Waals surface area contributed by atoms with E-state index in [1.165, 1.54) is 0 Å². The summed E-state index contributed by atoms with van der Waals surface area (Å²) >= 11 is 0.